The largest absolute Gasteiger partial charge is 0.488 e. The minimum Gasteiger partial charge on any atom is -0.488 e. The number of ether oxygens (including phenoxy) is 1. The van der Waals surface area contributed by atoms with Crippen LogP contribution in [0.3, 0.4) is 0 Å². The van der Waals surface area contributed by atoms with Gasteiger partial charge in [0.15, 0.2) is 0 Å². The summed E-state index contributed by atoms with van der Waals surface area (Å²) in [5.74, 6) is 2.92. The first-order valence-corrected chi connectivity index (χ1v) is 8.17. The Kier molecular flexibility index (Phi) is 4.30. The predicted octanol–water partition coefficient (Wildman–Crippen LogP) is 3.71. The molecule has 1 aromatic carbocycles. The van der Waals surface area contributed by atoms with Crippen LogP contribution in [0.4, 0.5) is 0 Å². The van der Waals surface area contributed by atoms with Gasteiger partial charge in [0.2, 0.25) is 0 Å². The van der Waals surface area contributed by atoms with Gasteiger partial charge in [0, 0.05) is 13.0 Å². The molecular weight excluding hydrogens is 246 g/mol. The van der Waals surface area contributed by atoms with Gasteiger partial charge in [-0.2, -0.15) is 0 Å². The molecule has 1 aliphatic heterocycles. The van der Waals surface area contributed by atoms with Crippen LogP contribution in [0.5, 0.6) is 5.75 Å². The molecule has 1 heterocycles. The summed E-state index contributed by atoms with van der Waals surface area (Å²) in [4.78, 5) is 0. The van der Waals surface area contributed by atoms with Gasteiger partial charge in [-0.05, 0) is 49.8 Å². The number of fused-ring (bicyclic) bond motifs is 1. The van der Waals surface area contributed by atoms with Gasteiger partial charge in [-0.1, -0.05) is 37.5 Å². The van der Waals surface area contributed by atoms with Crippen LogP contribution >= 0.6 is 0 Å². The fourth-order valence-electron chi connectivity index (χ4n) is 3.54. The number of nitrogens with one attached hydrogen (secondary N) is 1. The molecule has 0 aromatic heterocycles. The van der Waals surface area contributed by atoms with E-state index in [1.165, 1.54) is 43.4 Å². The van der Waals surface area contributed by atoms with Gasteiger partial charge in [-0.25, -0.2) is 0 Å². The van der Waals surface area contributed by atoms with Gasteiger partial charge in [-0.15, -0.1) is 0 Å². The van der Waals surface area contributed by atoms with Crippen molar-refractivity contribution in [3.63, 3.8) is 0 Å². The van der Waals surface area contributed by atoms with Crippen LogP contribution in [0, 0.1) is 18.8 Å². The van der Waals surface area contributed by atoms with Gasteiger partial charge >= 0.3 is 0 Å². The molecule has 3 rings (SSSR count). The van der Waals surface area contributed by atoms with Crippen LogP contribution in [0.1, 0.15) is 43.7 Å². The Bertz CT molecular complexity index is 449. The van der Waals surface area contributed by atoms with E-state index in [0.717, 1.165) is 30.6 Å². The van der Waals surface area contributed by atoms with Crippen molar-refractivity contribution in [1.82, 2.24) is 5.32 Å². The highest BCUT2D eigenvalue weighted by molar-refractivity contribution is 5.40. The van der Waals surface area contributed by atoms with E-state index < -0.39 is 0 Å². The minimum absolute atomic E-state index is 0.328. The van der Waals surface area contributed by atoms with Crippen molar-refractivity contribution in [3.8, 4) is 5.75 Å². The third-order valence-electron chi connectivity index (χ3n) is 4.90. The van der Waals surface area contributed by atoms with E-state index in [1.807, 2.05) is 0 Å². The summed E-state index contributed by atoms with van der Waals surface area (Å²) in [5, 5.41) is 3.64. The zero-order chi connectivity index (χ0) is 13.9. The summed E-state index contributed by atoms with van der Waals surface area (Å²) in [7, 11) is 0. The summed E-state index contributed by atoms with van der Waals surface area (Å²) in [6.07, 6.45) is 7.02. The second-order valence-corrected chi connectivity index (χ2v) is 6.84. The Morgan fingerprint density at radius 1 is 1.15 bits per heavy atom. The highest BCUT2D eigenvalue weighted by Gasteiger charge is 2.23. The van der Waals surface area contributed by atoms with Crippen LogP contribution in [0.15, 0.2) is 18.2 Å². The maximum absolute atomic E-state index is 6.01. The fraction of sp³-hybridized carbons (Fsp3) is 0.667. The average Bonchev–Trinajstić information content (AvgIpc) is 2.83. The summed E-state index contributed by atoms with van der Waals surface area (Å²) >= 11 is 0. The lowest BCUT2D eigenvalue weighted by molar-refractivity contribution is 0.216. The highest BCUT2D eigenvalue weighted by Crippen LogP contribution is 2.30. The quantitative estimate of drug-likeness (QED) is 0.903. The molecule has 0 saturated heterocycles. The second-order valence-electron chi connectivity index (χ2n) is 6.84. The van der Waals surface area contributed by atoms with E-state index >= 15 is 0 Å². The Hall–Kier alpha value is -1.02. The number of hydrogen-bond donors (Lipinski definition) is 1. The molecule has 0 amide bonds. The first kappa shape index (κ1) is 13.9. The Labute approximate surface area is 122 Å². The van der Waals surface area contributed by atoms with Crippen molar-refractivity contribution in [2.45, 2.75) is 52.1 Å². The van der Waals surface area contributed by atoms with Crippen molar-refractivity contribution in [3.05, 3.63) is 29.3 Å². The Morgan fingerprint density at radius 3 is 2.75 bits per heavy atom. The van der Waals surface area contributed by atoms with Gasteiger partial charge in [0.25, 0.3) is 0 Å². The maximum atomic E-state index is 6.01. The lowest BCUT2D eigenvalue weighted by atomic mass is 9.83. The molecule has 2 nitrogen and oxygen atoms in total. The standard InChI is InChI=1S/C18H27NO/c1-13-3-6-15(7-4-13)11-19-12-17-10-16-9-14(2)5-8-18(16)20-17/h5,8-9,13,15,17,19H,3-4,6-7,10-12H2,1-2H3. The molecule has 1 N–H and O–H groups in total. The molecule has 1 unspecified atom stereocenters. The SMILES string of the molecule is Cc1ccc2c(c1)CC(CNCC1CCC(C)CC1)O2. The monoisotopic (exact) mass is 273 g/mol. The minimum atomic E-state index is 0.328. The third-order valence-corrected chi connectivity index (χ3v) is 4.90. The Balaban J connectivity index is 1.40. The number of aryl methyl sites for hydroxylation is 1. The van der Waals surface area contributed by atoms with Crippen LogP contribution in [-0.4, -0.2) is 19.2 Å². The molecule has 0 bridgehead atoms. The predicted molar refractivity (Wildman–Crippen MR) is 83.3 cm³/mol. The molecule has 1 aromatic rings. The van der Waals surface area contributed by atoms with Crippen molar-refractivity contribution >= 4 is 0 Å². The zero-order valence-electron chi connectivity index (χ0n) is 12.8. The van der Waals surface area contributed by atoms with Crippen LogP contribution in [-0.2, 0) is 6.42 Å². The van der Waals surface area contributed by atoms with E-state index in [9.17, 15) is 0 Å². The van der Waals surface area contributed by atoms with E-state index in [0.29, 0.717) is 6.10 Å². The smallest absolute Gasteiger partial charge is 0.123 e. The zero-order valence-corrected chi connectivity index (χ0v) is 12.8. The molecule has 1 saturated carbocycles. The summed E-state index contributed by atoms with van der Waals surface area (Å²) < 4.78 is 6.01. The van der Waals surface area contributed by atoms with Crippen LogP contribution < -0.4 is 10.1 Å². The lowest BCUT2D eigenvalue weighted by Gasteiger charge is -2.26. The van der Waals surface area contributed by atoms with Crippen LogP contribution in [0.25, 0.3) is 0 Å². The average molecular weight is 273 g/mol. The molecule has 1 fully saturated rings. The topological polar surface area (TPSA) is 21.3 Å². The van der Waals surface area contributed by atoms with Crippen molar-refractivity contribution in [2.24, 2.45) is 11.8 Å². The molecule has 20 heavy (non-hydrogen) atoms. The summed E-state index contributed by atoms with van der Waals surface area (Å²) in [5.41, 5.74) is 2.71. The second kappa shape index (κ2) is 6.17. The number of benzene rings is 1. The van der Waals surface area contributed by atoms with Gasteiger partial charge in [0.1, 0.15) is 11.9 Å². The highest BCUT2D eigenvalue weighted by atomic mass is 16.5. The van der Waals surface area contributed by atoms with E-state index in [2.05, 4.69) is 37.4 Å². The molecule has 2 heteroatoms. The van der Waals surface area contributed by atoms with E-state index in [4.69, 9.17) is 4.74 Å². The van der Waals surface area contributed by atoms with Crippen molar-refractivity contribution in [1.29, 1.82) is 0 Å². The molecule has 1 aliphatic carbocycles. The Morgan fingerprint density at radius 2 is 1.95 bits per heavy atom. The third kappa shape index (κ3) is 3.35. The molecule has 110 valence electrons. The van der Waals surface area contributed by atoms with Crippen molar-refractivity contribution in [2.75, 3.05) is 13.1 Å². The molecule has 1 atom stereocenters. The maximum Gasteiger partial charge on any atom is 0.123 e. The summed E-state index contributed by atoms with van der Waals surface area (Å²) in [6, 6.07) is 6.52. The lowest BCUT2D eigenvalue weighted by Crippen LogP contribution is -2.34. The number of rotatable bonds is 4. The van der Waals surface area contributed by atoms with E-state index in [1.54, 1.807) is 0 Å². The first-order chi connectivity index (χ1) is 9.70. The molecule has 0 spiro atoms. The van der Waals surface area contributed by atoms with E-state index in [-0.39, 0.29) is 0 Å². The van der Waals surface area contributed by atoms with Gasteiger partial charge in [0.05, 0.1) is 0 Å². The molecule has 2 aliphatic rings. The van der Waals surface area contributed by atoms with Gasteiger partial charge in [-0.3, -0.25) is 0 Å². The first-order valence-electron chi connectivity index (χ1n) is 8.17. The number of hydrogen-bond acceptors (Lipinski definition) is 2. The fourth-order valence-corrected chi connectivity index (χ4v) is 3.54. The van der Waals surface area contributed by atoms with Crippen LogP contribution in [0.2, 0.25) is 0 Å². The van der Waals surface area contributed by atoms with Gasteiger partial charge < -0.3 is 10.1 Å². The molecular formula is C18H27NO. The summed E-state index contributed by atoms with van der Waals surface area (Å²) in [6.45, 7) is 6.69. The normalized spacial score (nSPS) is 29.0. The molecule has 0 radical (unpaired) electrons. The van der Waals surface area contributed by atoms with Crippen molar-refractivity contribution < 1.29 is 4.74 Å².